The molecule has 0 N–H and O–H groups in total. The number of halogens is 3. The lowest BCUT2D eigenvalue weighted by atomic mass is 9.75. The first-order valence-electron chi connectivity index (χ1n) is 10.2. The third kappa shape index (κ3) is 4.01. The molecular weight excluding hydrogens is 427 g/mol. The number of imide groups is 1. The molecule has 1 saturated carbocycles. The summed E-state index contributed by atoms with van der Waals surface area (Å²) in [7, 11) is 1.50. The van der Waals surface area contributed by atoms with Crippen molar-refractivity contribution in [3.8, 4) is 0 Å². The number of aromatic nitrogens is 1. The summed E-state index contributed by atoms with van der Waals surface area (Å²) in [5, 5.41) is 3.76. The van der Waals surface area contributed by atoms with E-state index in [1.165, 1.54) is 24.1 Å². The van der Waals surface area contributed by atoms with Crippen LogP contribution in [0.3, 0.4) is 0 Å². The van der Waals surface area contributed by atoms with Crippen LogP contribution in [-0.4, -0.2) is 45.8 Å². The molecule has 0 radical (unpaired) electrons. The lowest BCUT2D eigenvalue weighted by Crippen LogP contribution is -2.43. The van der Waals surface area contributed by atoms with Crippen molar-refractivity contribution in [2.24, 2.45) is 0 Å². The fraction of sp³-hybridized carbons (Fsp3) is 0.455. The third-order valence-corrected chi connectivity index (χ3v) is 5.95. The van der Waals surface area contributed by atoms with Gasteiger partial charge in [-0.2, -0.15) is 13.2 Å². The Morgan fingerprint density at radius 2 is 2.00 bits per heavy atom. The van der Waals surface area contributed by atoms with E-state index in [1.54, 1.807) is 13.0 Å². The van der Waals surface area contributed by atoms with E-state index < -0.39 is 41.3 Å². The molecule has 1 atom stereocenters. The summed E-state index contributed by atoms with van der Waals surface area (Å²) in [4.78, 5) is 41.7. The Kier molecular flexibility index (Phi) is 5.34. The summed E-state index contributed by atoms with van der Waals surface area (Å²) >= 11 is 0. The van der Waals surface area contributed by atoms with E-state index >= 15 is 0 Å². The minimum Gasteiger partial charge on any atom is -0.359 e. The molecule has 4 rings (SSSR count). The van der Waals surface area contributed by atoms with Crippen LogP contribution in [0.2, 0.25) is 0 Å². The van der Waals surface area contributed by atoms with Gasteiger partial charge in [0.1, 0.15) is 0 Å². The minimum atomic E-state index is -4.62. The van der Waals surface area contributed by atoms with Gasteiger partial charge in [0.2, 0.25) is 17.7 Å². The quantitative estimate of drug-likeness (QED) is 0.633. The van der Waals surface area contributed by atoms with E-state index in [1.807, 2.05) is 0 Å². The van der Waals surface area contributed by atoms with Crippen molar-refractivity contribution in [3.63, 3.8) is 0 Å². The van der Waals surface area contributed by atoms with E-state index in [9.17, 15) is 27.6 Å². The fourth-order valence-electron chi connectivity index (χ4n) is 4.13. The van der Waals surface area contributed by atoms with Gasteiger partial charge < -0.3 is 9.42 Å². The Bertz CT molecular complexity index is 1080. The molecule has 1 aliphatic heterocycles. The van der Waals surface area contributed by atoms with E-state index in [4.69, 9.17) is 4.52 Å². The molecule has 2 aliphatic rings. The molecule has 10 heteroatoms. The van der Waals surface area contributed by atoms with Crippen LogP contribution in [0.25, 0.3) is 0 Å². The van der Waals surface area contributed by atoms with Gasteiger partial charge in [-0.05, 0) is 31.4 Å². The number of carbonyl (C=O) groups is 3. The second-order valence-electron chi connectivity index (χ2n) is 8.50. The second kappa shape index (κ2) is 7.75. The van der Waals surface area contributed by atoms with Crippen molar-refractivity contribution in [2.75, 3.05) is 7.05 Å². The van der Waals surface area contributed by atoms with Crippen molar-refractivity contribution in [3.05, 3.63) is 52.9 Å². The van der Waals surface area contributed by atoms with Crippen molar-refractivity contribution in [1.82, 2.24) is 15.0 Å². The lowest BCUT2D eigenvalue weighted by molar-refractivity contribution is -0.143. The molecule has 32 heavy (non-hydrogen) atoms. The zero-order chi connectivity index (χ0) is 23.3. The van der Waals surface area contributed by atoms with Gasteiger partial charge in [-0.25, -0.2) is 0 Å². The first kappa shape index (κ1) is 22.0. The number of likely N-dealkylation sites (tertiary alicyclic amines) is 1. The van der Waals surface area contributed by atoms with Gasteiger partial charge in [0.15, 0.2) is 5.76 Å². The van der Waals surface area contributed by atoms with Crippen molar-refractivity contribution in [2.45, 2.75) is 56.8 Å². The highest BCUT2D eigenvalue weighted by molar-refractivity contribution is 6.11. The molecule has 2 fully saturated rings. The number of hydrogen-bond donors (Lipinski definition) is 0. The highest BCUT2D eigenvalue weighted by Gasteiger charge is 2.57. The highest BCUT2D eigenvalue weighted by Crippen LogP contribution is 2.45. The zero-order valence-corrected chi connectivity index (χ0v) is 17.6. The van der Waals surface area contributed by atoms with E-state index in [0.717, 1.165) is 17.0 Å². The fourth-order valence-corrected chi connectivity index (χ4v) is 4.13. The molecule has 170 valence electrons. The van der Waals surface area contributed by atoms with Crippen LogP contribution in [0, 0.1) is 6.92 Å². The number of alkyl halides is 3. The Morgan fingerprint density at radius 3 is 2.59 bits per heavy atom. The van der Waals surface area contributed by atoms with Gasteiger partial charge >= 0.3 is 6.18 Å². The Morgan fingerprint density at radius 1 is 1.28 bits per heavy atom. The number of nitrogens with zero attached hydrogens (tertiary/aromatic N) is 3. The molecule has 1 aromatic carbocycles. The van der Waals surface area contributed by atoms with Gasteiger partial charge in [0.25, 0.3) is 0 Å². The SMILES string of the molecule is Cc1cc(CN(C)C(=O)CC2(c3cccc(C(F)(F)F)c3)CC(=O)N(C3CC3)C2=O)on1. The van der Waals surface area contributed by atoms with Crippen LogP contribution in [0.15, 0.2) is 34.9 Å². The molecule has 2 aromatic rings. The maximum atomic E-state index is 13.4. The van der Waals surface area contributed by atoms with Crippen LogP contribution in [-0.2, 0) is 32.5 Å². The van der Waals surface area contributed by atoms with Crippen molar-refractivity contribution >= 4 is 17.7 Å². The summed E-state index contributed by atoms with van der Waals surface area (Å²) in [6.45, 7) is 1.81. The van der Waals surface area contributed by atoms with Gasteiger partial charge in [0, 0.05) is 32.0 Å². The Balaban J connectivity index is 1.68. The Labute approximate surface area is 182 Å². The number of hydrogen-bond acceptors (Lipinski definition) is 5. The first-order chi connectivity index (χ1) is 15.0. The first-order valence-corrected chi connectivity index (χ1v) is 10.2. The van der Waals surface area contributed by atoms with E-state index in [-0.39, 0.29) is 24.6 Å². The van der Waals surface area contributed by atoms with Crippen LogP contribution in [0.4, 0.5) is 13.2 Å². The number of benzene rings is 1. The predicted molar refractivity (Wildman–Crippen MR) is 105 cm³/mol. The largest absolute Gasteiger partial charge is 0.416 e. The van der Waals surface area contributed by atoms with Crippen LogP contribution in [0.5, 0.6) is 0 Å². The van der Waals surface area contributed by atoms with Gasteiger partial charge in [-0.3, -0.25) is 19.3 Å². The number of carbonyl (C=O) groups excluding carboxylic acids is 3. The average Bonchev–Trinajstić information content (AvgIpc) is 3.41. The number of amides is 3. The highest BCUT2D eigenvalue weighted by atomic mass is 19.4. The summed E-state index contributed by atoms with van der Waals surface area (Å²) in [5.41, 5.74) is -1.95. The van der Waals surface area contributed by atoms with Crippen molar-refractivity contribution < 1.29 is 32.1 Å². The average molecular weight is 449 g/mol. The topological polar surface area (TPSA) is 83.7 Å². The normalized spacial score (nSPS) is 21.3. The van der Waals surface area contributed by atoms with Crippen LogP contribution in [0.1, 0.15) is 48.3 Å². The number of aryl methyl sites for hydroxylation is 1. The number of rotatable bonds is 6. The monoisotopic (exact) mass is 449 g/mol. The molecule has 3 amide bonds. The summed E-state index contributed by atoms with van der Waals surface area (Å²) < 4.78 is 45.2. The third-order valence-electron chi connectivity index (χ3n) is 5.95. The predicted octanol–water partition coefficient (Wildman–Crippen LogP) is 3.21. The van der Waals surface area contributed by atoms with E-state index in [2.05, 4.69) is 5.16 Å². The summed E-state index contributed by atoms with van der Waals surface area (Å²) in [6, 6.07) is 5.76. The van der Waals surface area contributed by atoms with Gasteiger partial charge in [0.05, 0.1) is 23.2 Å². The molecule has 1 saturated heterocycles. The standard InChI is InChI=1S/C22H22F3N3O4/c1-13-8-17(32-26-13)12-27(2)18(29)10-21(11-19(30)28(20(21)31)16-6-7-16)14-4-3-5-15(9-14)22(23,24)25/h3-5,8-9,16H,6-7,10-12H2,1-2H3. The smallest absolute Gasteiger partial charge is 0.359 e. The molecular formula is C22H22F3N3O4. The molecule has 2 heterocycles. The minimum absolute atomic E-state index is 0.0195. The van der Waals surface area contributed by atoms with Gasteiger partial charge in [-0.1, -0.05) is 23.4 Å². The molecule has 0 bridgehead atoms. The summed E-state index contributed by atoms with van der Waals surface area (Å²) in [6.07, 6.45) is -4.07. The molecule has 1 unspecified atom stereocenters. The van der Waals surface area contributed by atoms with Crippen molar-refractivity contribution in [1.29, 1.82) is 0 Å². The zero-order valence-electron chi connectivity index (χ0n) is 17.6. The van der Waals surface area contributed by atoms with Crippen LogP contribution < -0.4 is 0 Å². The Hall–Kier alpha value is -3.17. The molecule has 1 aromatic heterocycles. The summed E-state index contributed by atoms with van der Waals surface area (Å²) in [5.74, 6) is -1.13. The van der Waals surface area contributed by atoms with Crippen LogP contribution >= 0.6 is 0 Å². The van der Waals surface area contributed by atoms with E-state index in [0.29, 0.717) is 24.3 Å². The molecule has 0 spiro atoms. The molecule has 7 nitrogen and oxygen atoms in total. The second-order valence-corrected chi connectivity index (χ2v) is 8.50. The van der Waals surface area contributed by atoms with Gasteiger partial charge in [-0.15, -0.1) is 0 Å². The maximum Gasteiger partial charge on any atom is 0.416 e. The maximum absolute atomic E-state index is 13.4. The lowest BCUT2D eigenvalue weighted by Gasteiger charge is -2.29. The molecule has 1 aliphatic carbocycles.